The van der Waals surface area contributed by atoms with Crippen LogP contribution in [0.2, 0.25) is 0 Å². The first-order valence-corrected chi connectivity index (χ1v) is 7.84. The molecule has 0 spiro atoms. The number of para-hydroxylation sites is 1. The van der Waals surface area contributed by atoms with Crippen molar-refractivity contribution < 1.29 is 4.74 Å². The number of rotatable bonds is 3. The van der Waals surface area contributed by atoms with Gasteiger partial charge >= 0.3 is 0 Å². The summed E-state index contributed by atoms with van der Waals surface area (Å²) in [5.41, 5.74) is 3.55. The Labute approximate surface area is 132 Å². The zero-order valence-corrected chi connectivity index (χ0v) is 13.5. The molecule has 0 saturated heterocycles. The smallest absolute Gasteiger partial charge is 0.165 e. The van der Waals surface area contributed by atoms with Crippen LogP contribution in [0.15, 0.2) is 48.5 Å². The van der Waals surface area contributed by atoms with Gasteiger partial charge in [-0.2, -0.15) is 0 Å². The summed E-state index contributed by atoms with van der Waals surface area (Å²) in [4.78, 5) is 0. The van der Waals surface area contributed by atoms with Gasteiger partial charge in [0.05, 0.1) is 17.4 Å². The van der Waals surface area contributed by atoms with Crippen molar-refractivity contribution in [3.8, 4) is 5.75 Å². The standard InChI is InChI=1S/C19H24N2O/c1-19(2,3)17-13-22-18-15(10-7-11-16(18)21-17)20-12-14-8-5-4-6-9-14/h4-11,17,20-21H,12-13H2,1-3H3. The van der Waals surface area contributed by atoms with Crippen molar-refractivity contribution in [1.82, 2.24) is 0 Å². The van der Waals surface area contributed by atoms with Gasteiger partial charge in [0.15, 0.2) is 5.75 Å². The van der Waals surface area contributed by atoms with E-state index < -0.39 is 0 Å². The Balaban J connectivity index is 1.75. The van der Waals surface area contributed by atoms with E-state index in [0.717, 1.165) is 23.7 Å². The fourth-order valence-electron chi connectivity index (χ4n) is 2.60. The Morgan fingerprint density at radius 3 is 2.59 bits per heavy atom. The van der Waals surface area contributed by atoms with Crippen LogP contribution in [0.5, 0.6) is 5.75 Å². The first kappa shape index (κ1) is 14.8. The van der Waals surface area contributed by atoms with Crippen LogP contribution in [-0.2, 0) is 6.54 Å². The quantitative estimate of drug-likeness (QED) is 0.874. The second-order valence-electron chi connectivity index (χ2n) is 6.90. The van der Waals surface area contributed by atoms with Gasteiger partial charge in [-0.1, -0.05) is 57.2 Å². The fourth-order valence-corrected chi connectivity index (χ4v) is 2.60. The Bertz CT molecular complexity index is 632. The van der Waals surface area contributed by atoms with E-state index in [0.29, 0.717) is 12.6 Å². The molecule has 1 aliphatic heterocycles. The Hall–Kier alpha value is -2.16. The molecular weight excluding hydrogens is 272 g/mol. The van der Waals surface area contributed by atoms with Crippen LogP contribution in [0.25, 0.3) is 0 Å². The van der Waals surface area contributed by atoms with Gasteiger partial charge in [-0.25, -0.2) is 0 Å². The van der Waals surface area contributed by atoms with Crippen molar-refractivity contribution >= 4 is 11.4 Å². The van der Waals surface area contributed by atoms with Crippen LogP contribution < -0.4 is 15.4 Å². The fraction of sp³-hybridized carbons (Fsp3) is 0.368. The molecule has 1 atom stereocenters. The highest BCUT2D eigenvalue weighted by molar-refractivity contribution is 5.72. The number of hydrogen-bond donors (Lipinski definition) is 2. The number of hydrogen-bond acceptors (Lipinski definition) is 3. The third kappa shape index (κ3) is 3.19. The summed E-state index contributed by atoms with van der Waals surface area (Å²) in [6.07, 6.45) is 0. The molecule has 116 valence electrons. The number of anilines is 2. The molecule has 1 aliphatic rings. The molecule has 2 N–H and O–H groups in total. The van der Waals surface area contributed by atoms with Crippen molar-refractivity contribution in [1.29, 1.82) is 0 Å². The summed E-state index contributed by atoms with van der Waals surface area (Å²) in [6, 6.07) is 16.9. The summed E-state index contributed by atoms with van der Waals surface area (Å²) in [6.45, 7) is 8.19. The van der Waals surface area contributed by atoms with Gasteiger partial charge in [0.1, 0.15) is 6.61 Å². The van der Waals surface area contributed by atoms with Gasteiger partial charge in [-0.15, -0.1) is 0 Å². The minimum Gasteiger partial charge on any atom is -0.487 e. The lowest BCUT2D eigenvalue weighted by Crippen LogP contribution is -2.41. The van der Waals surface area contributed by atoms with Gasteiger partial charge in [0, 0.05) is 6.54 Å². The predicted molar refractivity (Wildman–Crippen MR) is 92.6 cm³/mol. The highest BCUT2D eigenvalue weighted by Gasteiger charge is 2.30. The largest absolute Gasteiger partial charge is 0.487 e. The molecule has 0 aromatic heterocycles. The van der Waals surface area contributed by atoms with Crippen LogP contribution in [0, 0.1) is 5.41 Å². The maximum absolute atomic E-state index is 6.06. The number of benzene rings is 2. The molecule has 2 aromatic rings. The van der Waals surface area contributed by atoms with Crippen molar-refractivity contribution in [3.05, 3.63) is 54.1 Å². The van der Waals surface area contributed by atoms with E-state index in [-0.39, 0.29) is 5.41 Å². The molecule has 2 aromatic carbocycles. The molecule has 1 heterocycles. The average Bonchev–Trinajstić information content (AvgIpc) is 2.52. The van der Waals surface area contributed by atoms with Crippen LogP contribution in [-0.4, -0.2) is 12.6 Å². The lowest BCUT2D eigenvalue weighted by Gasteiger charge is -2.36. The molecule has 0 saturated carbocycles. The summed E-state index contributed by atoms with van der Waals surface area (Å²) in [5.74, 6) is 0.930. The van der Waals surface area contributed by atoms with Gasteiger partial charge in [0.2, 0.25) is 0 Å². The van der Waals surface area contributed by atoms with E-state index >= 15 is 0 Å². The van der Waals surface area contributed by atoms with Crippen LogP contribution >= 0.6 is 0 Å². The first-order valence-electron chi connectivity index (χ1n) is 7.84. The molecule has 0 fully saturated rings. The molecular formula is C19H24N2O. The van der Waals surface area contributed by atoms with Crippen molar-refractivity contribution in [2.75, 3.05) is 17.2 Å². The van der Waals surface area contributed by atoms with Crippen LogP contribution in [0.1, 0.15) is 26.3 Å². The first-order chi connectivity index (χ1) is 10.5. The molecule has 0 aliphatic carbocycles. The lowest BCUT2D eigenvalue weighted by molar-refractivity contribution is 0.208. The second-order valence-corrected chi connectivity index (χ2v) is 6.90. The van der Waals surface area contributed by atoms with Crippen molar-refractivity contribution in [2.45, 2.75) is 33.4 Å². The normalized spacial score (nSPS) is 17.1. The SMILES string of the molecule is CC(C)(C)C1COc2c(NCc3ccccc3)cccc2N1. The lowest BCUT2D eigenvalue weighted by atomic mass is 9.86. The molecule has 3 nitrogen and oxygen atoms in total. The minimum absolute atomic E-state index is 0.172. The summed E-state index contributed by atoms with van der Waals surface area (Å²) >= 11 is 0. The zero-order chi connectivity index (χ0) is 15.6. The average molecular weight is 296 g/mol. The Morgan fingerprint density at radius 2 is 1.86 bits per heavy atom. The van der Waals surface area contributed by atoms with E-state index in [1.807, 2.05) is 6.07 Å². The third-order valence-corrected chi connectivity index (χ3v) is 4.11. The zero-order valence-electron chi connectivity index (χ0n) is 13.5. The molecule has 0 radical (unpaired) electrons. The minimum atomic E-state index is 0.172. The van der Waals surface area contributed by atoms with E-state index in [9.17, 15) is 0 Å². The van der Waals surface area contributed by atoms with Gasteiger partial charge in [0.25, 0.3) is 0 Å². The molecule has 22 heavy (non-hydrogen) atoms. The number of ether oxygens (including phenoxy) is 1. The van der Waals surface area contributed by atoms with E-state index in [1.54, 1.807) is 0 Å². The number of fused-ring (bicyclic) bond motifs is 1. The van der Waals surface area contributed by atoms with E-state index in [4.69, 9.17) is 4.74 Å². The van der Waals surface area contributed by atoms with E-state index in [2.05, 4.69) is 73.9 Å². The van der Waals surface area contributed by atoms with Gasteiger partial charge in [-0.3, -0.25) is 0 Å². The summed E-state index contributed by atoms with van der Waals surface area (Å²) < 4.78 is 6.06. The Morgan fingerprint density at radius 1 is 1.09 bits per heavy atom. The summed E-state index contributed by atoms with van der Waals surface area (Å²) in [7, 11) is 0. The maximum Gasteiger partial charge on any atom is 0.165 e. The van der Waals surface area contributed by atoms with Crippen LogP contribution in [0.4, 0.5) is 11.4 Å². The highest BCUT2D eigenvalue weighted by Crippen LogP contribution is 2.39. The number of nitrogens with one attached hydrogen (secondary N) is 2. The maximum atomic E-state index is 6.06. The topological polar surface area (TPSA) is 33.3 Å². The highest BCUT2D eigenvalue weighted by atomic mass is 16.5. The molecule has 3 rings (SSSR count). The monoisotopic (exact) mass is 296 g/mol. The van der Waals surface area contributed by atoms with Crippen LogP contribution in [0.3, 0.4) is 0 Å². The predicted octanol–water partition coefficient (Wildman–Crippen LogP) is 4.52. The summed E-state index contributed by atoms with van der Waals surface area (Å²) in [5, 5.41) is 7.09. The third-order valence-electron chi connectivity index (χ3n) is 4.11. The molecule has 1 unspecified atom stereocenters. The molecule has 0 amide bonds. The van der Waals surface area contributed by atoms with E-state index in [1.165, 1.54) is 5.56 Å². The molecule has 3 heteroatoms. The van der Waals surface area contributed by atoms with Gasteiger partial charge in [-0.05, 0) is 23.1 Å². The van der Waals surface area contributed by atoms with Crippen molar-refractivity contribution in [2.24, 2.45) is 5.41 Å². The second kappa shape index (κ2) is 5.91. The Kier molecular flexibility index (Phi) is 3.97. The van der Waals surface area contributed by atoms with Crippen molar-refractivity contribution in [3.63, 3.8) is 0 Å². The molecule has 0 bridgehead atoms. The van der Waals surface area contributed by atoms with Gasteiger partial charge < -0.3 is 15.4 Å².